The maximum Gasteiger partial charge on any atom is 0.254 e. The van der Waals surface area contributed by atoms with Gasteiger partial charge in [-0.15, -0.1) is 0 Å². The summed E-state index contributed by atoms with van der Waals surface area (Å²) in [6.45, 7) is 1.35. The summed E-state index contributed by atoms with van der Waals surface area (Å²) in [7, 11) is 0. The quantitative estimate of drug-likeness (QED) is 0.756. The highest BCUT2D eigenvalue weighted by molar-refractivity contribution is 6.31. The molecule has 7 heteroatoms. The summed E-state index contributed by atoms with van der Waals surface area (Å²) < 4.78 is 19.4. The molecule has 5 rings (SSSR count). The van der Waals surface area contributed by atoms with Gasteiger partial charge in [0.15, 0.2) is 0 Å². The minimum absolute atomic E-state index is 0.0489. The molecule has 0 atom stereocenters. The van der Waals surface area contributed by atoms with Gasteiger partial charge in [0.2, 0.25) is 0 Å². The number of nitrogens with zero attached hydrogens (tertiary/aromatic N) is 3. The lowest BCUT2D eigenvalue weighted by molar-refractivity contribution is -0.126. The van der Waals surface area contributed by atoms with E-state index in [4.69, 9.17) is 21.3 Å². The number of hydrogen-bond donors (Lipinski definition) is 0. The second kappa shape index (κ2) is 6.78. The molecule has 0 N–H and O–H groups in total. The van der Waals surface area contributed by atoms with Crippen molar-refractivity contribution < 1.29 is 13.9 Å². The lowest BCUT2D eigenvalue weighted by Crippen LogP contribution is -2.61. The molecule has 1 saturated heterocycles. The fourth-order valence-electron chi connectivity index (χ4n) is 4.55. The molecule has 0 unspecified atom stereocenters. The molecule has 2 aromatic rings. The van der Waals surface area contributed by atoms with Crippen molar-refractivity contribution in [2.45, 2.75) is 50.2 Å². The molecule has 1 spiro atoms. The molecule has 1 aromatic heterocycles. The highest BCUT2D eigenvalue weighted by Crippen LogP contribution is 2.43. The zero-order chi connectivity index (χ0) is 19.3. The van der Waals surface area contributed by atoms with Gasteiger partial charge in [0.25, 0.3) is 5.91 Å². The highest BCUT2D eigenvalue weighted by Gasteiger charge is 2.52. The smallest absolute Gasteiger partial charge is 0.254 e. The van der Waals surface area contributed by atoms with Gasteiger partial charge in [-0.05, 0) is 31.0 Å². The summed E-state index contributed by atoms with van der Waals surface area (Å²) in [5.41, 5.74) is 1.81. The number of carbonyl (C=O) groups excluding carboxylic acids is 1. The van der Waals surface area contributed by atoms with Crippen LogP contribution in [0.15, 0.2) is 24.4 Å². The van der Waals surface area contributed by atoms with E-state index in [1.54, 1.807) is 4.90 Å². The Morgan fingerprint density at radius 2 is 2.04 bits per heavy atom. The summed E-state index contributed by atoms with van der Waals surface area (Å²) >= 11 is 5.80. The van der Waals surface area contributed by atoms with E-state index in [9.17, 15) is 9.18 Å². The van der Waals surface area contributed by atoms with E-state index >= 15 is 0 Å². The van der Waals surface area contributed by atoms with E-state index in [0.717, 1.165) is 29.9 Å². The van der Waals surface area contributed by atoms with Crippen LogP contribution in [-0.2, 0) is 16.9 Å². The second-order valence-corrected chi connectivity index (χ2v) is 8.40. The number of fused-ring (bicyclic) bond motifs is 2. The van der Waals surface area contributed by atoms with Crippen LogP contribution in [0, 0.1) is 5.82 Å². The molecule has 5 nitrogen and oxygen atoms in total. The molecule has 2 fully saturated rings. The van der Waals surface area contributed by atoms with Gasteiger partial charge in [-0.25, -0.2) is 14.4 Å². The van der Waals surface area contributed by atoms with Crippen LogP contribution in [0.2, 0.25) is 5.02 Å². The third-order valence-corrected chi connectivity index (χ3v) is 6.47. The fraction of sp³-hybridized carbons (Fsp3) is 0.476. The molecule has 1 aliphatic carbocycles. The molecular formula is C21H21ClFN3O2. The van der Waals surface area contributed by atoms with Gasteiger partial charge in [0.1, 0.15) is 17.2 Å². The number of aromatic nitrogens is 2. The molecule has 1 aromatic carbocycles. The summed E-state index contributed by atoms with van der Waals surface area (Å²) in [6, 6.07) is 4.04. The molecule has 146 valence electrons. The molecular weight excluding hydrogens is 381 g/mol. The van der Waals surface area contributed by atoms with E-state index in [1.165, 1.54) is 37.5 Å². The summed E-state index contributed by atoms with van der Waals surface area (Å²) in [4.78, 5) is 23.8. The number of carbonyl (C=O) groups is 1. The van der Waals surface area contributed by atoms with Crippen molar-refractivity contribution in [3.05, 3.63) is 57.9 Å². The summed E-state index contributed by atoms with van der Waals surface area (Å²) in [5.74, 6) is 0.687. The number of likely N-dealkylation sites (tertiary alicyclic amines) is 1. The van der Waals surface area contributed by atoms with E-state index in [0.29, 0.717) is 31.2 Å². The molecule has 2 aliphatic heterocycles. The zero-order valence-corrected chi connectivity index (χ0v) is 16.2. The number of halogens is 2. The Balaban J connectivity index is 1.32. The fourth-order valence-corrected chi connectivity index (χ4v) is 4.73. The van der Waals surface area contributed by atoms with Gasteiger partial charge in [-0.1, -0.05) is 30.9 Å². The van der Waals surface area contributed by atoms with Crippen molar-refractivity contribution in [3.63, 3.8) is 0 Å². The Hall–Kier alpha value is -2.05. The van der Waals surface area contributed by atoms with Crippen LogP contribution in [0.5, 0.6) is 0 Å². The third kappa shape index (κ3) is 2.90. The van der Waals surface area contributed by atoms with Crippen LogP contribution in [0.1, 0.15) is 65.5 Å². The monoisotopic (exact) mass is 401 g/mol. The largest absolute Gasteiger partial charge is 0.360 e. The van der Waals surface area contributed by atoms with Crippen molar-refractivity contribution in [2.24, 2.45) is 0 Å². The lowest BCUT2D eigenvalue weighted by Gasteiger charge is -2.47. The first-order valence-electron chi connectivity index (χ1n) is 9.80. The maximum atomic E-state index is 13.3. The zero-order valence-electron chi connectivity index (χ0n) is 15.5. The van der Waals surface area contributed by atoms with Crippen molar-refractivity contribution in [1.82, 2.24) is 14.9 Å². The number of hydrogen-bond acceptors (Lipinski definition) is 4. The average Bonchev–Trinajstić information content (AvgIpc) is 3.08. The van der Waals surface area contributed by atoms with Crippen LogP contribution in [0.3, 0.4) is 0 Å². The highest BCUT2D eigenvalue weighted by atomic mass is 35.5. The predicted molar refractivity (Wildman–Crippen MR) is 102 cm³/mol. The molecule has 3 heterocycles. The van der Waals surface area contributed by atoms with Gasteiger partial charge >= 0.3 is 0 Å². The Morgan fingerprint density at radius 3 is 2.79 bits per heavy atom. The van der Waals surface area contributed by atoms with E-state index < -0.39 is 11.4 Å². The van der Waals surface area contributed by atoms with Crippen LogP contribution >= 0.6 is 11.6 Å². The predicted octanol–water partition coefficient (Wildman–Crippen LogP) is 4.20. The molecule has 1 amide bonds. The molecule has 28 heavy (non-hydrogen) atoms. The summed E-state index contributed by atoms with van der Waals surface area (Å²) in [5, 5.41) is -0.0489. The van der Waals surface area contributed by atoms with E-state index in [-0.39, 0.29) is 10.9 Å². The van der Waals surface area contributed by atoms with Gasteiger partial charge in [-0.2, -0.15) is 0 Å². The number of benzene rings is 1. The van der Waals surface area contributed by atoms with Crippen LogP contribution in [-0.4, -0.2) is 33.9 Å². The first-order valence-corrected chi connectivity index (χ1v) is 10.2. The van der Waals surface area contributed by atoms with Crippen molar-refractivity contribution >= 4 is 17.5 Å². The minimum atomic E-state index is -0.530. The Bertz CT molecular complexity index is 939. The Labute approximate surface area is 167 Å². The van der Waals surface area contributed by atoms with Crippen molar-refractivity contribution in [2.75, 3.05) is 13.1 Å². The van der Waals surface area contributed by atoms with Gasteiger partial charge in [0.05, 0.1) is 30.4 Å². The van der Waals surface area contributed by atoms with E-state index in [2.05, 4.69) is 4.98 Å². The third-order valence-electron chi connectivity index (χ3n) is 6.18. The van der Waals surface area contributed by atoms with E-state index in [1.807, 2.05) is 6.20 Å². The van der Waals surface area contributed by atoms with Crippen molar-refractivity contribution in [1.29, 1.82) is 0 Å². The van der Waals surface area contributed by atoms with Crippen LogP contribution < -0.4 is 0 Å². The minimum Gasteiger partial charge on any atom is -0.360 e. The molecule has 0 radical (unpaired) electrons. The van der Waals surface area contributed by atoms with Gasteiger partial charge in [0, 0.05) is 23.2 Å². The topological polar surface area (TPSA) is 55.3 Å². The average molecular weight is 402 g/mol. The van der Waals surface area contributed by atoms with Gasteiger partial charge < -0.3 is 9.64 Å². The normalized spacial score (nSPS) is 20.9. The van der Waals surface area contributed by atoms with Crippen LogP contribution in [0.25, 0.3) is 0 Å². The van der Waals surface area contributed by atoms with Crippen LogP contribution in [0.4, 0.5) is 4.39 Å². The van der Waals surface area contributed by atoms with Crippen molar-refractivity contribution in [3.8, 4) is 0 Å². The first-order chi connectivity index (χ1) is 13.6. The second-order valence-electron chi connectivity index (χ2n) is 8.00. The lowest BCUT2D eigenvalue weighted by atomic mass is 9.86. The Morgan fingerprint density at radius 1 is 1.25 bits per heavy atom. The summed E-state index contributed by atoms with van der Waals surface area (Å²) in [6.07, 6.45) is 8.01. The number of rotatable bonds is 2. The SMILES string of the molecule is O=C(c1ccc(F)c(Cl)c1)N1CC2(C1)OCc1nc(C3CCCCC3)ncc12. The number of amides is 1. The molecule has 0 bridgehead atoms. The maximum absolute atomic E-state index is 13.3. The molecule has 1 saturated carbocycles. The van der Waals surface area contributed by atoms with Gasteiger partial charge in [-0.3, -0.25) is 4.79 Å². The number of ether oxygens (including phenoxy) is 1. The standard InChI is InChI=1S/C21H21ClFN3O2/c22-16-8-14(6-7-17(16)23)20(27)26-11-21(12-26)15-9-24-19(25-18(15)10-28-21)13-4-2-1-3-5-13/h6-9,13H,1-5,10-12H2. The first kappa shape index (κ1) is 18.0. The Kier molecular flexibility index (Phi) is 4.36. The molecule has 3 aliphatic rings.